The van der Waals surface area contributed by atoms with Gasteiger partial charge >= 0.3 is 6.11 Å². The number of ether oxygens (including phenoxy) is 1. The Hall–Kier alpha value is -2.66. The van der Waals surface area contributed by atoms with Gasteiger partial charge in [-0.05, 0) is 53.9 Å². The van der Waals surface area contributed by atoms with Gasteiger partial charge < -0.3 is 9.30 Å². The molecule has 0 unspecified atom stereocenters. The summed E-state index contributed by atoms with van der Waals surface area (Å²) < 4.78 is 33.8. The first-order chi connectivity index (χ1) is 13.0. The largest absolute Gasteiger partial charge is 0.432 e. The molecule has 27 heavy (non-hydrogen) atoms. The zero-order valence-electron chi connectivity index (χ0n) is 14.3. The minimum absolute atomic E-state index is 0.242. The second-order valence-electron chi connectivity index (χ2n) is 6.74. The molecular formula is C21H15ClF2N2O. The van der Waals surface area contributed by atoms with E-state index in [1.807, 2.05) is 47.2 Å². The molecule has 5 rings (SSSR count). The molecular weight excluding hydrogens is 370 g/mol. The van der Waals surface area contributed by atoms with Crippen molar-refractivity contribution in [3.8, 4) is 11.4 Å². The number of para-hydroxylation sites is 1. The molecule has 0 saturated heterocycles. The van der Waals surface area contributed by atoms with Crippen molar-refractivity contribution in [2.45, 2.75) is 25.5 Å². The van der Waals surface area contributed by atoms with Crippen molar-refractivity contribution in [3.63, 3.8) is 0 Å². The van der Waals surface area contributed by atoms with Gasteiger partial charge in [0.05, 0.1) is 35.1 Å². The summed E-state index contributed by atoms with van der Waals surface area (Å²) in [7, 11) is 0. The first-order valence-corrected chi connectivity index (χ1v) is 9.10. The zero-order valence-corrected chi connectivity index (χ0v) is 15.0. The Morgan fingerprint density at radius 1 is 1.07 bits per heavy atom. The zero-order chi connectivity index (χ0) is 18.6. The fourth-order valence-corrected chi connectivity index (χ4v) is 4.01. The second-order valence-corrected chi connectivity index (χ2v) is 7.14. The number of fused-ring (bicyclic) bond motifs is 4. The van der Waals surface area contributed by atoms with Crippen LogP contribution in [0.5, 0.6) is 5.75 Å². The first-order valence-electron chi connectivity index (χ1n) is 8.72. The van der Waals surface area contributed by atoms with Crippen molar-refractivity contribution in [1.29, 1.82) is 0 Å². The molecule has 2 aliphatic heterocycles. The lowest BCUT2D eigenvalue weighted by atomic mass is 9.99. The number of aromatic nitrogens is 1. The summed E-state index contributed by atoms with van der Waals surface area (Å²) in [6, 6.07) is 15.0. The highest BCUT2D eigenvalue weighted by molar-refractivity contribution is 6.32. The third kappa shape index (κ3) is 2.73. The average molecular weight is 385 g/mol. The maximum atomic E-state index is 13.5. The Kier molecular flexibility index (Phi) is 3.62. The van der Waals surface area contributed by atoms with Gasteiger partial charge in [-0.2, -0.15) is 8.78 Å². The van der Waals surface area contributed by atoms with Crippen LogP contribution in [0.4, 0.5) is 8.78 Å². The van der Waals surface area contributed by atoms with Crippen molar-refractivity contribution in [2.24, 2.45) is 4.99 Å². The van der Waals surface area contributed by atoms with E-state index in [0.29, 0.717) is 11.6 Å². The van der Waals surface area contributed by atoms with E-state index in [9.17, 15) is 8.78 Å². The topological polar surface area (TPSA) is 26.5 Å². The van der Waals surface area contributed by atoms with Crippen LogP contribution >= 0.6 is 11.6 Å². The molecule has 0 fully saturated rings. The molecule has 0 radical (unpaired) electrons. The van der Waals surface area contributed by atoms with Crippen LogP contribution in [-0.2, 0) is 13.0 Å². The monoisotopic (exact) mass is 384 g/mol. The lowest BCUT2D eigenvalue weighted by Crippen LogP contribution is -2.29. The molecule has 3 aromatic rings. The smallest absolute Gasteiger partial charge is 0.398 e. The maximum absolute atomic E-state index is 13.5. The second kappa shape index (κ2) is 5.92. The van der Waals surface area contributed by atoms with Crippen LogP contribution < -0.4 is 4.74 Å². The number of hydrogen-bond donors (Lipinski definition) is 0. The van der Waals surface area contributed by atoms with Gasteiger partial charge in [-0.15, -0.1) is 0 Å². The fraction of sp³-hybridized carbons (Fsp3) is 0.190. The quantitative estimate of drug-likeness (QED) is 0.551. The lowest BCUT2D eigenvalue weighted by Gasteiger charge is -2.25. The first kappa shape index (κ1) is 16.5. The number of halogens is 3. The Morgan fingerprint density at radius 3 is 2.85 bits per heavy atom. The summed E-state index contributed by atoms with van der Waals surface area (Å²) in [5.41, 5.74) is 5.36. The Bertz CT molecular complexity index is 1090. The van der Waals surface area contributed by atoms with Gasteiger partial charge in [-0.1, -0.05) is 23.7 Å². The molecule has 0 atom stereocenters. The number of nitrogens with zero attached hydrogens (tertiary/aromatic N) is 2. The van der Waals surface area contributed by atoms with E-state index in [0.717, 1.165) is 33.8 Å². The average Bonchev–Trinajstić information content (AvgIpc) is 3.04. The Morgan fingerprint density at radius 2 is 1.96 bits per heavy atom. The summed E-state index contributed by atoms with van der Waals surface area (Å²) in [5, 5.41) is 0.669. The molecule has 0 N–H and O–H groups in total. The number of aliphatic imine (C=N–C) groups is 1. The van der Waals surface area contributed by atoms with Crippen LogP contribution in [0.1, 0.15) is 28.8 Å². The summed E-state index contributed by atoms with van der Waals surface area (Å²) in [6.07, 6.45) is -1.17. The molecule has 1 aromatic heterocycles. The highest BCUT2D eigenvalue weighted by Crippen LogP contribution is 2.37. The van der Waals surface area contributed by atoms with Gasteiger partial charge in [-0.3, -0.25) is 4.99 Å². The van der Waals surface area contributed by atoms with Crippen molar-refractivity contribution in [1.82, 2.24) is 4.57 Å². The molecule has 136 valence electrons. The van der Waals surface area contributed by atoms with Gasteiger partial charge in [0.15, 0.2) is 0 Å². The van der Waals surface area contributed by atoms with E-state index in [1.54, 1.807) is 12.1 Å². The third-order valence-corrected chi connectivity index (χ3v) is 5.29. The SMILES string of the molecule is FC1(F)CCc2cc(C3=NCc4cccc(Cl)c4-n4cccc43)ccc2O1. The van der Waals surface area contributed by atoms with Gasteiger partial charge in [0.25, 0.3) is 0 Å². The van der Waals surface area contributed by atoms with E-state index >= 15 is 0 Å². The molecule has 0 bridgehead atoms. The van der Waals surface area contributed by atoms with Gasteiger partial charge in [0.1, 0.15) is 5.75 Å². The summed E-state index contributed by atoms with van der Waals surface area (Å²) in [6.45, 7) is 0.499. The molecule has 2 aromatic carbocycles. The number of hydrogen-bond acceptors (Lipinski definition) is 2. The molecule has 0 saturated carbocycles. The molecule has 3 nitrogen and oxygen atoms in total. The molecule has 3 heterocycles. The van der Waals surface area contributed by atoms with Crippen molar-refractivity contribution in [3.05, 3.63) is 82.1 Å². The van der Waals surface area contributed by atoms with Gasteiger partial charge in [-0.25, -0.2) is 0 Å². The molecule has 0 amide bonds. The van der Waals surface area contributed by atoms with E-state index < -0.39 is 6.11 Å². The van der Waals surface area contributed by atoms with Crippen LogP contribution in [0, 0.1) is 0 Å². The van der Waals surface area contributed by atoms with Crippen molar-refractivity contribution >= 4 is 17.3 Å². The standard InChI is InChI=1S/C21H15ClF2N2O/c22-16-4-1-3-15-12-25-19(17-5-2-10-26(17)20(15)16)14-6-7-18-13(11-14)8-9-21(23,24)27-18/h1-7,10-11H,8-9,12H2. The normalized spacial score (nSPS) is 17.1. The molecule has 0 spiro atoms. The minimum Gasteiger partial charge on any atom is -0.432 e. The summed E-state index contributed by atoms with van der Waals surface area (Å²) in [5.74, 6) is 0.242. The molecule has 2 aliphatic rings. The minimum atomic E-state index is -3.10. The lowest BCUT2D eigenvalue weighted by molar-refractivity contribution is -0.187. The number of rotatable bonds is 1. The number of benzene rings is 2. The van der Waals surface area contributed by atoms with Gasteiger partial charge in [0.2, 0.25) is 0 Å². The fourth-order valence-electron chi connectivity index (χ4n) is 3.72. The maximum Gasteiger partial charge on any atom is 0.398 e. The molecule has 0 aliphatic carbocycles. The predicted octanol–water partition coefficient (Wildman–Crippen LogP) is 5.40. The van der Waals surface area contributed by atoms with Crippen LogP contribution in [0.3, 0.4) is 0 Å². The summed E-state index contributed by atoms with van der Waals surface area (Å²) in [4.78, 5) is 4.82. The van der Waals surface area contributed by atoms with Crippen molar-refractivity contribution < 1.29 is 13.5 Å². The van der Waals surface area contributed by atoms with Crippen LogP contribution in [0.25, 0.3) is 5.69 Å². The highest BCUT2D eigenvalue weighted by Gasteiger charge is 2.36. The third-order valence-electron chi connectivity index (χ3n) is 4.99. The van der Waals surface area contributed by atoms with E-state index in [1.165, 1.54) is 0 Å². The predicted molar refractivity (Wildman–Crippen MR) is 100 cm³/mol. The number of aryl methyl sites for hydroxylation is 1. The van der Waals surface area contributed by atoms with Crippen LogP contribution in [-0.4, -0.2) is 16.4 Å². The molecule has 6 heteroatoms. The van der Waals surface area contributed by atoms with Crippen molar-refractivity contribution in [2.75, 3.05) is 0 Å². The van der Waals surface area contributed by atoms with Gasteiger partial charge in [0, 0.05) is 11.8 Å². The Balaban J connectivity index is 1.62. The van der Waals surface area contributed by atoms with E-state index in [4.69, 9.17) is 21.3 Å². The van der Waals surface area contributed by atoms with Crippen LogP contribution in [0.2, 0.25) is 5.02 Å². The van der Waals surface area contributed by atoms with Crippen LogP contribution in [0.15, 0.2) is 59.7 Å². The van der Waals surface area contributed by atoms with E-state index in [2.05, 4.69) is 0 Å². The summed E-state index contributed by atoms with van der Waals surface area (Å²) >= 11 is 6.46. The highest BCUT2D eigenvalue weighted by atomic mass is 35.5. The number of alkyl halides is 2. The Labute approximate surface area is 159 Å². The van der Waals surface area contributed by atoms with E-state index in [-0.39, 0.29) is 18.6 Å².